The molecule has 6 nitrogen and oxygen atoms in total. The van der Waals surface area contributed by atoms with Crippen LogP contribution in [-0.2, 0) is 4.79 Å². The van der Waals surface area contributed by atoms with Crippen molar-refractivity contribution in [2.24, 2.45) is 0 Å². The van der Waals surface area contributed by atoms with Gasteiger partial charge in [-0.05, 0) is 31.2 Å². The number of carbonyl (C=O) groups is 1. The van der Waals surface area contributed by atoms with Crippen LogP contribution in [0.5, 0.6) is 5.75 Å². The summed E-state index contributed by atoms with van der Waals surface area (Å²) in [5.41, 5.74) is 0.986. The molecule has 2 N–H and O–H groups in total. The van der Waals surface area contributed by atoms with E-state index in [0.717, 1.165) is 11.4 Å². The van der Waals surface area contributed by atoms with Crippen molar-refractivity contribution in [3.05, 3.63) is 54.3 Å². The Morgan fingerprint density at radius 1 is 1.22 bits per heavy atom. The quantitative estimate of drug-likeness (QED) is 0.563. The van der Waals surface area contributed by atoms with Crippen molar-refractivity contribution in [1.82, 2.24) is 10.2 Å². The summed E-state index contributed by atoms with van der Waals surface area (Å²) in [6.45, 7) is 1.73. The zero-order chi connectivity index (χ0) is 19.2. The highest BCUT2D eigenvalue weighted by Crippen LogP contribution is 2.31. The fourth-order valence-electron chi connectivity index (χ4n) is 2.13. The molecule has 1 heterocycles. The topological polar surface area (TPSA) is 76.1 Å². The van der Waals surface area contributed by atoms with Gasteiger partial charge >= 0.3 is 0 Å². The molecule has 0 aliphatic heterocycles. The van der Waals surface area contributed by atoms with E-state index in [0.29, 0.717) is 9.47 Å². The lowest BCUT2D eigenvalue weighted by Crippen LogP contribution is -2.22. The summed E-state index contributed by atoms with van der Waals surface area (Å²) >= 11 is 2.59. The van der Waals surface area contributed by atoms with E-state index in [9.17, 15) is 9.18 Å². The van der Waals surface area contributed by atoms with Crippen LogP contribution in [0.25, 0.3) is 0 Å². The smallest absolute Gasteiger partial charge is 0.237 e. The van der Waals surface area contributed by atoms with Crippen LogP contribution in [0.2, 0.25) is 0 Å². The first-order chi connectivity index (χ1) is 13.0. The zero-order valence-electron chi connectivity index (χ0n) is 14.6. The van der Waals surface area contributed by atoms with Gasteiger partial charge in [-0.1, -0.05) is 41.3 Å². The molecule has 0 spiro atoms. The molecule has 1 atom stereocenters. The Balaban J connectivity index is 1.59. The minimum absolute atomic E-state index is 0.160. The van der Waals surface area contributed by atoms with E-state index in [4.69, 9.17) is 4.74 Å². The van der Waals surface area contributed by atoms with Gasteiger partial charge in [-0.2, -0.15) is 0 Å². The Morgan fingerprint density at radius 2 is 2.04 bits per heavy atom. The number of hydrogen-bond acceptors (Lipinski definition) is 7. The van der Waals surface area contributed by atoms with Crippen molar-refractivity contribution in [2.75, 3.05) is 17.7 Å². The number of aromatic nitrogens is 2. The van der Waals surface area contributed by atoms with Crippen LogP contribution in [0.15, 0.2) is 52.9 Å². The minimum Gasteiger partial charge on any atom is -0.497 e. The van der Waals surface area contributed by atoms with Gasteiger partial charge in [0.15, 0.2) is 4.34 Å². The maximum Gasteiger partial charge on any atom is 0.237 e. The van der Waals surface area contributed by atoms with Gasteiger partial charge in [0.05, 0.1) is 18.0 Å². The lowest BCUT2D eigenvalue weighted by atomic mass is 10.3. The van der Waals surface area contributed by atoms with Gasteiger partial charge in [-0.25, -0.2) is 4.39 Å². The second-order valence-corrected chi connectivity index (χ2v) is 8.02. The van der Waals surface area contributed by atoms with Crippen molar-refractivity contribution in [3.8, 4) is 5.75 Å². The first kappa shape index (κ1) is 19.1. The molecule has 1 amide bonds. The standard InChI is InChI=1S/C18H17FN4O2S2/c1-11(16(24)21-15-9-4-3-8-14(15)19)26-18-23-22-17(27-18)20-12-6-5-7-13(10-12)25-2/h3-11H,1-2H3,(H,20,22)(H,21,24)/t11-/m0/s1. The fraction of sp³-hybridized carbons (Fsp3) is 0.167. The predicted octanol–water partition coefficient (Wildman–Crippen LogP) is 4.55. The zero-order valence-corrected chi connectivity index (χ0v) is 16.2. The number of halogens is 1. The predicted molar refractivity (Wildman–Crippen MR) is 107 cm³/mol. The first-order valence-corrected chi connectivity index (χ1v) is 9.71. The maximum absolute atomic E-state index is 13.6. The van der Waals surface area contributed by atoms with E-state index in [2.05, 4.69) is 20.8 Å². The molecule has 27 heavy (non-hydrogen) atoms. The molecule has 3 rings (SSSR count). The molecule has 0 saturated heterocycles. The number of nitrogens with one attached hydrogen (secondary N) is 2. The van der Waals surface area contributed by atoms with Gasteiger partial charge in [-0.3, -0.25) is 4.79 Å². The lowest BCUT2D eigenvalue weighted by Gasteiger charge is -2.10. The fourth-order valence-corrected chi connectivity index (χ4v) is 4.05. The normalized spacial score (nSPS) is 11.7. The number of rotatable bonds is 7. The molecule has 0 aliphatic rings. The number of benzene rings is 2. The molecule has 2 aromatic carbocycles. The average molecular weight is 404 g/mol. The number of thioether (sulfide) groups is 1. The molecule has 0 aliphatic carbocycles. The van der Waals surface area contributed by atoms with Crippen LogP contribution in [-0.4, -0.2) is 28.5 Å². The van der Waals surface area contributed by atoms with Gasteiger partial charge in [0.2, 0.25) is 11.0 Å². The number of para-hydroxylation sites is 1. The monoisotopic (exact) mass is 404 g/mol. The van der Waals surface area contributed by atoms with E-state index in [-0.39, 0.29) is 11.6 Å². The SMILES string of the molecule is COc1cccc(Nc2nnc(S[C@@H](C)C(=O)Nc3ccccc3F)s2)c1. The average Bonchev–Trinajstić information content (AvgIpc) is 3.10. The number of carbonyl (C=O) groups excluding carboxylic acids is 1. The first-order valence-electron chi connectivity index (χ1n) is 8.02. The molecule has 0 unspecified atom stereocenters. The van der Waals surface area contributed by atoms with E-state index in [1.807, 2.05) is 24.3 Å². The van der Waals surface area contributed by atoms with E-state index >= 15 is 0 Å². The van der Waals surface area contributed by atoms with Crippen LogP contribution in [0.1, 0.15) is 6.92 Å². The lowest BCUT2D eigenvalue weighted by molar-refractivity contribution is -0.115. The Labute approximate surface area is 164 Å². The minimum atomic E-state index is -0.469. The molecule has 9 heteroatoms. The Bertz CT molecular complexity index is 935. The van der Waals surface area contributed by atoms with Crippen molar-refractivity contribution < 1.29 is 13.9 Å². The molecule has 0 fully saturated rings. The highest BCUT2D eigenvalue weighted by atomic mass is 32.2. The van der Waals surface area contributed by atoms with Crippen molar-refractivity contribution in [2.45, 2.75) is 16.5 Å². The molecule has 3 aromatic rings. The van der Waals surface area contributed by atoms with E-state index < -0.39 is 11.1 Å². The van der Waals surface area contributed by atoms with Gasteiger partial charge in [-0.15, -0.1) is 10.2 Å². The Hall–Kier alpha value is -2.65. The molecule has 140 valence electrons. The van der Waals surface area contributed by atoms with Gasteiger partial charge in [0.25, 0.3) is 0 Å². The summed E-state index contributed by atoms with van der Waals surface area (Å²) in [7, 11) is 1.60. The van der Waals surface area contributed by atoms with Gasteiger partial charge in [0.1, 0.15) is 11.6 Å². The largest absolute Gasteiger partial charge is 0.497 e. The third-order valence-electron chi connectivity index (χ3n) is 3.51. The summed E-state index contributed by atoms with van der Waals surface area (Å²) in [5, 5.41) is 14.0. The van der Waals surface area contributed by atoms with E-state index in [1.165, 1.54) is 35.2 Å². The molecule has 0 bridgehead atoms. The Kier molecular flexibility index (Phi) is 6.25. The van der Waals surface area contributed by atoms with E-state index in [1.54, 1.807) is 26.2 Å². The van der Waals surface area contributed by atoms with Gasteiger partial charge in [0, 0.05) is 11.8 Å². The molecule has 1 aromatic heterocycles. The highest BCUT2D eigenvalue weighted by Gasteiger charge is 2.18. The summed E-state index contributed by atoms with van der Waals surface area (Å²) in [6.07, 6.45) is 0. The molecule has 0 radical (unpaired) electrons. The summed E-state index contributed by atoms with van der Waals surface area (Å²) in [5.74, 6) is -0.0381. The van der Waals surface area contributed by atoms with Gasteiger partial charge < -0.3 is 15.4 Å². The van der Waals surface area contributed by atoms with Crippen LogP contribution < -0.4 is 15.4 Å². The van der Waals surface area contributed by atoms with Crippen molar-refractivity contribution in [3.63, 3.8) is 0 Å². The third kappa shape index (κ3) is 5.18. The maximum atomic E-state index is 13.6. The number of amides is 1. The molecular weight excluding hydrogens is 387 g/mol. The number of methoxy groups -OCH3 is 1. The molecule has 0 saturated carbocycles. The van der Waals surface area contributed by atoms with Crippen LogP contribution in [0.3, 0.4) is 0 Å². The molecular formula is C18H17FN4O2S2. The summed E-state index contributed by atoms with van der Waals surface area (Å²) in [4.78, 5) is 12.3. The highest BCUT2D eigenvalue weighted by molar-refractivity contribution is 8.02. The second kappa shape index (κ2) is 8.83. The van der Waals surface area contributed by atoms with Crippen LogP contribution in [0, 0.1) is 5.82 Å². The van der Waals surface area contributed by atoms with Crippen molar-refractivity contribution >= 4 is 45.5 Å². The number of ether oxygens (including phenoxy) is 1. The number of hydrogen-bond donors (Lipinski definition) is 2. The number of anilines is 3. The van der Waals surface area contributed by atoms with Crippen LogP contribution >= 0.6 is 23.1 Å². The second-order valence-electron chi connectivity index (χ2n) is 5.46. The number of nitrogens with zero attached hydrogens (tertiary/aromatic N) is 2. The summed E-state index contributed by atoms with van der Waals surface area (Å²) < 4.78 is 19.5. The van der Waals surface area contributed by atoms with Crippen LogP contribution in [0.4, 0.5) is 20.9 Å². The van der Waals surface area contributed by atoms with Crippen molar-refractivity contribution in [1.29, 1.82) is 0 Å². The third-order valence-corrected chi connectivity index (χ3v) is 5.53. The summed E-state index contributed by atoms with van der Waals surface area (Å²) in [6, 6.07) is 13.5. The Morgan fingerprint density at radius 3 is 2.81 bits per heavy atom.